The van der Waals surface area contributed by atoms with Gasteiger partial charge in [0, 0.05) is 11.4 Å². The molecule has 0 unspecified atom stereocenters. The van der Waals surface area contributed by atoms with Gasteiger partial charge in [0.05, 0.1) is 6.20 Å². The van der Waals surface area contributed by atoms with Crippen LogP contribution in [0.1, 0.15) is 10.5 Å². The molecule has 0 bridgehead atoms. The zero-order valence-corrected chi connectivity index (χ0v) is 15.6. The highest BCUT2D eigenvalue weighted by molar-refractivity contribution is 7.98. The molecule has 0 aliphatic heterocycles. The monoisotopic (exact) mass is 401 g/mol. The number of amides is 1. The lowest BCUT2D eigenvalue weighted by Gasteiger charge is -2.11. The number of nitrogens with one attached hydrogen (secondary N) is 1. The first-order valence-electron chi connectivity index (χ1n) is 8.11. The van der Waals surface area contributed by atoms with Crippen molar-refractivity contribution in [2.45, 2.75) is 5.16 Å². The molecule has 2 N–H and O–H groups in total. The number of aromatic hydroxyl groups is 1. The molecular weight excluding hydrogens is 385 g/mol. The minimum atomic E-state index is -0.738. The maximum Gasteiger partial charge on any atom is 0.357 e. The average molecular weight is 401 g/mol. The van der Waals surface area contributed by atoms with Crippen molar-refractivity contribution in [2.75, 3.05) is 18.2 Å². The average Bonchev–Trinajstić information content (AvgIpc) is 3.13. The Morgan fingerprint density at radius 2 is 1.86 bits per heavy atom. The Labute approximate surface area is 164 Å². The summed E-state index contributed by atoms with van der Waals surface area (Å²) in [6, 6.07) is 11.5. The molecule has 2 aromatic carbocycles. The topological polar surface area (TPSA) is 93.4 Å². The molecule has 7 nitrogen and oxygen atoms in total. The van der Waals surface area contributed by atoms with E-state index in [-0.39, 0.29) is 11.4 Å². The van der Waals surface area contributed by atoms with Crippen LogP contribution in [0.3, 0.4) is 0 Å². The van der Waals surface area contributed by atoms with Gasteiger partial charge in [0.25, 0.3) is 5.91 Å². The van der Waals surface area contributed by atoms with Crippen molar-refractivity contribution in [1.82, 2.24) is 9.55 Å². The number of phenols is 1. The van der Waals surface area contributed by atoms with Gasteiger partial charge in [0.2, 0.25) is 0 Å². The maximum atomic E-state index is 13.2. The molecule has 1 aromatic heterocycles. The number of carbonyl (C=O) groups excluding carboxylic acids is 2. The zero-order chi connectivity index (χ0) is 20.1. The molecule has 0 spiro atoms. The number of benzene rings is 2. The van der Waals surface area contributed by atoms with E-state index >= 15 is 0 Å². The number of ether oxygens (including phenoxy) is 1. The Bertz CT molecular complexity index is 987. The summed E-state index contributed by atoms with van der Waals surface area (Å²) in [5.74, 6) is -1.59. The first kappa shape index (κ1) is 19.4. The summed E-state index contributed by atoms with van der Waals surface area (Å²) in [6.45, 7) is -0.497. The molecule has 0 saturated heterocycles. The SMILES string of the molecule is CSc1ncc(C(=O)OCC(=O)Nc2ccc(O)cc2)n1-c1ccc(F)cc1. The van der Waals surface area contributed by atoms with Crippen molar-refractivity contribution in [1.29, 1.82) is 0 Å². The number of hydrogen-bond acceptors (Lipinski definition) is 6. The second-order valence-corrected chi connectivity index (χ2v) is 6.39. The first-order chi connectivity index (χ1) is 13.5. The number of esters is 1. The fraction of sp³-hybridized carbons (Fsp3) is 0.105. The van der Waals surface area contributed by atoms with Crippen LogP contribution in [0.2, 0.25) is 0 Å². The second-order valence-electron chi connectivity index (χ2n) is 5.61. The van der Waals surface area contributed by atoms with Crippen LogP contribution < -0.4 is 5.32 Å². The number of thioether (sulfide) groups is 1. The van der Waals surface area contributed by atoms with E-state index in [1.165, 1.54) is 71.1 Å². The van der Waals surface area contributed by atoms with Gasteiger partial charge in [-0.05, 0) is 54.8 Å². The Morgan fingerprint density at radius 3 is 2.50 bits per heavy atom. The number of nitrogens with zero attached hydrogens (tertiary/aromatic N) is 2. The highest BCUT2D eigenvalue weighted by Gasteiger charge is 2.20. The minimum Gasteiger partial charge on any atom is -0.508 e. The molecule has 0 aliphatic rings. The van der Waals surface area contributed by atoms with E-state index in [0.29, 0.717) is 16.5 Å². The smallest absolute Gasteiger partial charge is 0.357 e. The van der Waals surface area contributed by atoms with Crippen LogP contribution >= 0.6 is 11.8 Å². The molecule has 9 heteroatoms. The van der Waals surface area contributed by atoms with Crippen LogP contribution in [0, 0.1) is 5.82 Å². The third kappa shape index (κ3) is 4.49. The molecule has 0 radical (unpaired) electrons. The minimum absolute atomic E-state index is 0.0723. The molecule has 1 amide bonds. The third-order valence-corrected chi connectivity index (χ3v) is 4.34. The number of imidazole rings is 1. The van der Waals surface area contributed by atoms with Gasteiger partial charge >= 0.3 is 5.97 Å². The van der Waals surface area contributed by atoms with Crippen LogP contribution in [0.4, 0.5) is 10.1 Å². The molecule has 0 aliphatic carbocycles. The van der Waals surface area contributed by atoms with E-state index in [0.717, 1.165) is 0 Å². The quantitative estimate of drug-likeness (QED) is 0.374. The Balaban J connectivity index is 1.70. The highest BCUT2D eigenvalue weighted by Crippen LogP contribution is 2.22. The third-order valence-electron chi connectivity index (χ3n) is 3.69. The predicted molar refractivity (Wildman–Crippen MR) is 102 cm³/mol. The normalized spacial score (nSPS) is 10.5. The molecule has 0 saturated carbocycles. The summed E-state index contributed by atoms with van der Waals surface area (Å²) < 4.78 is 19.8. The first-order valence-corrected chi connectivity index (χ1v) is 9.34. The largest absolute Gasteiger partial charge is 0.508 e. The molecule has 1 heterocycles. The van der Waals surface area contributed by atoms with E-state index in [1.54, 1.807) is 6.26 Å². The number of hydrogen-bond donors (Lipinski definition) is 2. The van der Waals surface area contributed by atoms with Gasteiger partial charge in [-0.2, -0.15) is 0 Å². The molecule has 28 heavy (non-hydrogen) atoms. The lowest BCUT2D eigenvalue weighted by molar-refractivity contribution is -0.119. The lowest BCUT2D eigenvalue weighted by atomic mass is 10.3. The van der Waals surface area contributed by atoms with Gasteiger partial charge in [-0.25, -0.2) is 14.2 Å². The van der Waals surface area contributed by atoms with Crippen LogP contribution in [-0.2, 0) is 9.53 Å². The number of aromatic nitrogens is 2. The van der Waals surface area contributed by atoms with Crippen molar-refractivity contribution in [3.05, 3.63) is 66.2 Å². The van der Waals surface area contributed by atoms with Crippen molar-refractivity contribution in [3.8, 4) is 11.4 Å². The van der Waals surface area contributed by atoms with E-state index < -0.39 is 24.3 Å². The highest BCUT2D eigenvalue weighted by atomic mass is 32.2. The molecule has 3 aromatic rings. The predicted octanol–water partition coefficient (Wildman–Crippen LogP) is 3.23. The molecule has 144 valence electrons. The second kappa shape index (κ2) is 8.57. The summed E-state index contributed by atoms with van der Waals surface area (Å²) in [5, 5.41) is 12.3. The summed E-state index contributed by atoms with van der Waals surface area (Å²) in [6.07, 6.45) is 3.14. The Hall–Kier alpha value is -3.33. The van der Waals surface area contributed by atoms with Gasteiger partial charge in [-0.1, -0.05) is 11.8 Å². The van der Waals surface area contributed by atoms with E-state index in [9.17, 15) is 19.1 Å². The number of phenolic OH excluding ortho intramolecular Hbond substituents is 1. The number of halogens is 1. The van der Waals surface area contributed by atoms with Crippen molar-refractivity contribution in [3.63, 3.8) is 0 Å². The van der Waals surface area contributed by atoms with Crippen molar-refractivity contribution < 1.29 is 23.8 Å². The van der Waals surface area contributed by atoms with Gasteiger partial charge in [-0.15, -0.1) is 0 Å². The molecular formula is C19H16FN3O4S. The Kier molecular flexibility index (Phi) is 5.95. The zero-order valence-electron chi connectivity index (χ0n) is 14.8. The van der Waals surface area contributed by atoms with Crippen molar-refractivity contribution in [2.24, 2.45) is 0 Å². The van der Waals surface area contributed by atoms with Gasteiger partial charge in [0.1, 0.15) is 11.6 Å². The molecule has 0 atom stereocenters. The van der Waals surface area contributed by atoms with Gasteiger partial charge in [-0.3, -0.25) is 9.36 Å². The van der Waals surface area contributed by atoms with E-state index in [4.69, 9.17) is 4.74 Å². The van der Waals surface area contributed by atoms with Crippen molar-refractivity contribution >= 4 is 29.3 Å². The number of carbonyl (C=O) groups is 2. The van der Waals surface area contributed by atoms with Crippen LogP contribution in [-0.4, -0.2) is 39.4 Å². The van der Waals surface area contributed by atoms with E-state index in [1.807, 2.05) is 0 Å². The molecule has 3 rings (SSSR count). The molecule has 0 fully saturated rings. The van der Waals surface area contributed by atoms with Crippen LogP contribution in [0.15, 0.2) is 59.9 Å². The maximum absolute atomic E-state index is 13.2. The standard InChI is InChI=1S/C19H16FN3O4S/c1-28-19-21-10-16(23(19)14-6-2-12(20)3-7-14)18(26)27-11-17(25)22-13-4-8-15(24)9-5-13/h2-10,24H,11H2,1H3,(H,22,25). The van der Waals surface area contributed by atoms with Gasteiger partial charge < -0.3 is 15.2 Å². The van der Waals surface area contributed by atoms with Gasteiger partial charge in [0.15, 0.2) is 17.5 Å². The fourth-order valence-corrected chi connectivity index (χ4v) is 2.95. The summed E-state index contributed by atoms with van der Waals surface area (Å²) in [7, 11) is 0. The fourth-order valence-electron chi connectivity index (χ4n) is 2.41. The van der Waals surface area contributed by atoms with E-state index in [2.05, 4.69) is 10.3 Å². The summed E-state index contributed by atoms with van der Waals surface area (Å²) in [4.78, 5) is 28.6. The Morgan fingerprint density at radius 1 is 1.18 bits per heavy atom. The number of anilines is 1. The summed E-state index contributed by atoms with van der Waals surface area (Å²) in [5.41, 5.74) is 1.12. The van der Waals surface area contributed by atoms with Crippen LogP contribution in [0.5, 0.6) is 5.75 Å². The van der Waals surface area contributed by atoms with Crippen LogP contribution in [0.25, 0.3) is 5.69 Å². The summed E-state index contributed by atoms with van der Waals surface area (Å²) >= 11 is 1.31. The number of rotatable bonds is 6. The lowest BCUT2D eigenvalue weighted by Crippen LogP contribution is -2.22.